The van der Waals surface area contributed by atoms with E-state index in [1.807, 2.05) is 37.3 Å². The summed E-state index contributed by atoms with van der Waals surface area (Å²) >= 11 is 0. The molecule has 1 aromatic heterocycles. The lowest BCUT2D eigenvalue weighted by molar-refractivity contribution is -0.121. The summed E-state index contributed by atoms with van der Waals surface area (Å²) in [5.41, 5.74) is 3.20. The van der Waals surface area contributed by atoms with E-state index in [9.17, 15) is 9.59 Å². The van der Waals surface area contributed by atoms with Crippen molar-refractivity contribution >= 4 is 17.0 Å². The molecule has 0 aliphatic carbocycles. The molecule has 1 amide bonds. The van der Waals surface area contributed by atoms with E-state index in [2.05, 4.69) is 5.32 Å². The summed E-state index contributed by atoms with van der Waals surface area (Å²) in [5, 5.41) is 2.91. The van der Waals surface area contributed by atoms with Crippen molar-refractivity contribution in [2.45, 2.75) is 19.9 Å². The van der Waals surface area contributed by atoms with E-state index in [0.717, 1.165) is 29.0 Å². The number of amides is 1. The van der Waals surface area contributed by atoms with E-state index in [1.54, 1.807) is 13.2 Å². The third kappa shape index (κ3) is 3.60. The van der Waals surface area contributed by atoms with Gasteiger partial charge in [-0.05, 0) is 42.7 Å². The number of benzene rings is 2. The van der Waals surface area contributed by atoms with Crippen molar-refractivity contribution < 1.29 is 18.7 Å². The minimum Gasteiger partial charge on any atom is -0.497 e. The Morgan fingerprint density at radius 2 is 2.14 bits per heavy atom. The highest BCUT2D eigenvalue weighted by Crippen LogP contribution is 2.30. The third-order valence-corrected chi connectivity index (χ3v) is 4.97. The zero-order valence-corrected chi connectivity index (χ0v) is 15.9. The molecule has 0 bridgehead atoms. The highest BCUT2D eigenvalue weighted by atomic mass is 16.5. The molecule has 1 aliphatic heterocycles. The summed E-state index contributed by atoms with van der Waals surface area (Å²) in [4.78, 5) is 24.5. The lowest BCUT2D eigenvalue weighted by Crippen LogP contribution is -2.37. The molecule has 7 heteroatoms. The van der Waals surface area contributed by atoms with Gasteiger partial charge in [-0.15, -0.1) is 0 Å². The lowest BCUT2D eigenvalue weighted by atomic mass is 9.96. The van der Waals surface area contributed by atoms with Gasteiger partial charge in [0.1, 0.15) is 18.0 Å². The van der Waals surface area contributed by atoms with E-state index in [1.165, 1.54) is 4.57 Å². The highest BCUT2D eigenvalue weighted by Gasteiger charge is 2.21. The van der Waals surface area contributed by atoms with Crippen molar-refractivity contribution in [3.63, 3.8) is 0 Å². The molecule has 0 spiro atoms. The highest BCUT2D eigenvalue weighted by molar-refractivity contribution is 5.79. The van der Waals surface area contributed by atoms with Gasteiger partial charge in [-0.1, -0.05) is 12.1 Å². The molecular formula is C21H22N2O5. The van der Waals surface area contributed by atoms with Crippen molar-refractivity contribution in [3.05, 3.63) is 58.1 Å². The maximum absolute atomic E-state index is 12.4. The van der Waals surface area contributed by atoms with Gasteiger partial charge in [-0.3, -0.25) is 9.36 Å². The van der Waals surface area contributed by atoms with Crippen molar-refractivity contribution in [2.75, 3.05) is 20.3 Å². The predicted molar refractivity (Wildman–Crippen MR) is 104 cm³/mol. The molecule has 2 aromatic carbocycles. The second-order valence-electron chi connectivity index (χ2n) is 7.08. The normalized spacial score (nSPS) is 15.7. The summed E-state index contributed by atoms with van der Waals surface area (Å²) < 4.78 is 17.6. The van der Waals surface area contributed by atoms with E-state index in [4.69, 9.17) is 13.9 Å². The van der Waals surface area contributed by atoms with Crippen LogP contribution in [0, 0.1) is 12.8 Å². The Bertz CT molecular complexity index is 1080. The van der Waals surface area contributed by atoms with Crippen molar-refractivity contribution in [1.82, 2.24) is 9.88 Å². The Morgan fingerprint density at radius 3 is 2.96 bits per heavy atom. The van der Waals surface area contributed by atoms with Crippen molar-refractivity contribution in [3.8, 4) is 11.5 Å². The van der Waals surface area contributed by atoms with E-state index < -0.39 is 5.76 Å². The zero-order chi connectivity index (χ0) is 19.7. The van der Waals surface area contributed by atoms with E-state index in [0.29, 0.717) is 24.3 Å². The number of carbonyl (C=O) groups is 1. The number of fused-ring (bicyclic) bond motifs is 2. The van der Waals surface area contributed by atoms with Crippen molar-refractivity contribution in [1.29, 1.82) is 0 Å². The number of rotatable bonds is 5. The van der Waals surface area contributed by atoms with E-state index in [-0.39, 0.29) is 18.4 Å². The molecule has 4 rings (SSSR count). The van der Waals surface area contributed by atoms with Crippen LogP contribution in [0.5, 0.6) is 11.5 Å². The minimum atomic E-state index is -0.528. The molecule has 0 radical (unpaired) electrons. The monoisotopic (exact) mass is 382 g/mol. The second kappa shape index (κ2) is 7.42. The minimum absolute atomic E-state index is 0.0728. The van der Waals surface area contributed by atoms with Crippen LogP contribution in [-0.2, 0) is 17.8 Å². The Labute approximate surface area is 161 Å². The van der Waals surface area contributed by atoms with Gasteiger partial charge in [0.25, 0.3) is 0 Å². The second-order valence-corrected chi connectivity index (χ2v) is 7.08. The maximum atomic E-state index is 12.4. The van der Waals surface area contributed by atoms with Crippen molar-refractivity contribution in [2.24, 2.45) is 5.92 Å². The van der Waals surface area contributed by atoms with Gasteiger partial charge in [0.05, 0.1) is 19.2 Å². The first-order chi connectivity index (χ1) is 13.5. The fraction of sp³-hybridized carbons (Fsp3) is 0.333. The number of aromatic nitrogens is 1. The number of hydrogen-bond donors (Lipinski definition) is 1. The van der Waals surface area contributed by atoms with E-state index >= 15 is 0 Å². The van der Waals surface area contributed by atoms with Gasteiger partial charge in [0.15, 0.2) is 5.58 Å². The van der Waals surface area contributed by atoms with Gasteiger partial charge >= 0.3 is 5.76 Å². The van der Waals surface area contributed by atoms with Gasteiger partial charge < -0.3 is 19.2 Å². The molecule has 0 fully saturated rings. The number of carbonyl (C=O) groups excluding carboxylic acids is 1. The Kier molecular flexibility index (Phi) is 4.81. The Morgan fingerprint density at radius 1 is 1.29 bits per heavy atom. The largest absolute Gasteiger partial charge is 0.497 e. The van der Waals surface area contributed by atoms with Crippen LogP contribution in [0.3, 0.4) is 0 Å². The van der Waals surface area contributed by atoms with Crippen LogP contribution in [0.2, 0.25) is 0 Å². The van der Waals surface area contributed by atoms with Crippen LogP contribution >= 0.6 is 0 Å². The number of ether oxygens (including phenoxy) is 2. The zero-order valence-electron chi connectivity index (χ0n) is 15.9. The van der Waals surface area contributed by atoms with Crippen LogP contribution in [0.1, 0.15) is 11.1 Å². The van der Waals surface area contributed by atoms with Crippen LogP contribution in [0.15, 0.2) is 45.6 Å². The number of oxazole rings is 1. The summed E-state index contributed by atoms with van der Waals surface area (Å²) in [5.74, 6) is 1.00. The quantitative estimate of drug-likeness (QED) is 0.732. The van der Waals surface area contributed by atoms with Crippen LogP contribution in [-0.4, -0.2) is 30.7 Å². The molecule has 1 N–H and O–H groups in total. The molecule has 1 atom stereocenters. The first kappa shape index (κ1) is 18.2. The molecule has 146 valence electrons. The van der Waals surface area contributed by atoms with Gasteiger partial charge in [0.2, 0.25) is 5.91 Å². The lowest BCUT2D eigenvalue weighted by Gasteiger charge is -2.25. The summed E-state index contributed by atoms with van der Waals surface area (Å²) in [7, 11) is 1.62. The molecule has 1 aliphatic rings. The average molecular weight is 382 g/mol. The smallest absolute Gasteiger partial charge is 0.420 e. The topological polar surface area (TPSA) is 82.7 Å². The number of aryl methyl sites for hydroxylation is 1. The van der Waals surface area contributed by atoms with Gasteiger partial charge in [-0.2, -0.15) is 0 Å². The number of nitrogens with one attached hydrogen (secondary N) is 1. The molecule has 7 nitrogen and oxygen atoms in total. The fourth-order valence-electron chi connectivity index (χ4n) is 3.45. The first-order valence-corrected chi connectivity index (χ1v) is 9.20. The predicted octanol–water partition coefficient (Wildman–Crippen LogP) is 2.28. The van der Waals surface area contributed by atoms with Crippen LogP contribution in [0.25, 0.3) is 11.1 Å². The summed E-state index contributed by atoms with van der Waals surface area (Å²) in [6.45, 7) is 2.86. The fourth-order valence-corrected chi connectivity index (χ4v) is 3.45. The van der Waals surface area contributed by atoms with Crippen LogP contribution < -0.4 is 20.5 Å². The summed E-state index contributed by atoms with van der Waals surface area (Å²) in [6, 6.07) is 11.2. The standard InChI is InChI=1S/C21H22N2O5/c1-13-3-6-18-17(7-13)23(21(25)28-18)11-20(24)22-10-14-8-15-4-5-16(26-2)9-19(15)27-12-14/h3-7,9,14H,8,10-12H2,1-2H3,(H,22,24)/t14-/m0/s1. The number of hydrogen-bond acceptors (Lipinski definition) is 5. The third-order valence-electron chi connectivity index (χ3n) is 4.97. The number of methoxy groups -OCH3 is 1. The first-order valence-electron chi connectivity index (χ1n) is 9.20. The Hall–Kier alpha value is -3.22. The molecule has 3 aromatic rings. The molecule has 28 heavy (non-hydrogen) atoms. The molecule has 0 saturated heterocycles. The van der Waals surface area contributed by atoms with Crippen LogP contribution in [0.4, 0.5) is 0 Å². The average Bonchev–Trinajstić information content (AvgIpc) is 3.00. The number of nitrogens with zero attached hydrogens (tertiary/aromatic N) is 1. The molecule has 0 saturated carbocycles. The maximum Gasteiger partial charge on any atom is 0.420 e. The SMILES string of the molecule is COc1ccc2c(c1)OC[C@H](CNC(=O)Cn1c(=O)oc3ccc(C)cc31)C2. The summed E-state index contributed by atoms with van der Waals surface area (Å²) in [6.07, 6.45) is 0.813. The molecule has 0 unspecified atom stereocenters. The van der Waals surface area contributed by atoms with Gasteiger partial charge in [0, 0.05) is 18.5 Å². The Balaban J connectivity index is 1.38. The molecular weight excluding hydrogens is 360 g/mol. The molecule has 2 heterocycles. The van der Waals surface area contributed by atoms with Gasteiger partial charge in [-0.25, -0.2) is 4.79 Å².